The van der Waals surface area contributed by atoms with E-state index in [0.717, 1.165) is 42.8 Å². The van der Waals surface area contributed by atoms with Gasteiger partial charge < -0.3 is 15.2 Å². The second kappa shape index (κ2) is 7.64. The Morgan fingerprint density at radius 3 is 2.79 bits per heavy atom. The maximum absolute atomic E-state index is 9.96. The van der Waals surface area contributed by atoms with Gasteiger partial charge in [-0.1, -0.05) is 28.1 Å². The molecule has 2 aromatic rings. The fraction of sp³-hybridized carbons (Fsp3) is 0.421. The number of aromatic nitrogens is 1. The Bertz CT molecular complexity index is 700. The molecular formula is C19H23BrN2O2. The molecule has 1 saturated heterocycles. The van der Waals surface area contributed by atoms with Gasteiger partial charge in [-0.3, -0.25) is 4.98 Å². The van der Waals surface area contributed by atoms with Crippen LogP contribution in [0.15, 0.2) is 40.9 Å². The Hall–Kier alpha value is -1.43. The molecule has 0 spiro atoms. The highest BCUT2D eigenvalue weighted by Gasteiger charge is 2.34. The van der Waals surface area contributed by atoms with E-state index in [-0.39, 0.29) is 11.2 Å². The van der Waals surface area contributed by atoms with E-state index >= 15 is 0 Å². The lowest BCUT2D eigenvalue weighted by Crippen LogP contribution is -2.42. The molecule has 2 N–H and O–H groups in total. The van der Waals surface area contributed by atoms with Crippen LogP contribution in [0.3, 0.4) is 0 Å². The predicted molar refractivity (Wildman–Crippen MR) is 98.2 cm³/mol. The molecule has 2 heterocycles. The van der Waals surface area contributed by atoms with Crippen LogP contribution in [0.2, 0.25) is 0 Å². The minimum absolute atomic E-state index is 0.0570. The molecule has 24 heavy (non-hydrogen) atoms. The summed E-state index contributed by atoms with van der Waals surface area (Å²) < 4.78 is 6.68. The van der Waals surface area contributed by atoms with Crippen LogP contribution >= 0.6 is 15.9 Å². The van der Waals surface area contributed by atoms with E-state index < -0.39 is 0 Å². The number of nitrogens with one attached hydrogen (secondary N) is 1. The fourth-order valence-electron chi connectivity index (χ4n) is 3.30. The van der Waals surface area contributed by atoms with Gasteiger partial charge in [0.15, 0.2) is 0 Å². The minimum atomic E-state index is 0.0570. The van der Waals surface area contributed by atoms with E-state index in [9.17, 15) is 5.11 Å². The van der Waals surface area contributed by atoms with Crippen molar-refractivity contribution in [3.05, 3.63) is 57.8 Å². The van der Waals surface area contributed by atoms with Crippen LogP contribution in [0.5, 0.6) is 5.75 Å². The van der Waals surface area contributed by atoms with Crippen LogP contribution < -0.4 is 5.32 Å². The number of benzene rings is 1. The molecule has 3 rings (SSSR count). The van der Waals surface area contributed by atoms with E-state index in [4.69, 9.17) is 4.74 Å². The number of pyridine rings is 1. The van der Waals surface area contributed by atoms with Crippen molar-refractivity contribution in [2.75, 3.05) is 19.8 Å². The summed E-state index contributed by atoms with van der Waals surface area (Å²) in [7, 11) is 0. The molecule has 1 fully saturated rings. The zero-order chi connectivity index (χ0) is 17.0. The van der Waals surface area contributed by atoms with Gasteiger partial charge in [0.2, 0.25) is 0 Å². The van der Waals surface area contributed by atoms with Gasteiger partial charge in [0.05, 0.1) is 5.69 Å². The average molecular weight is 391 g/mol. The summed E-state index contributed by atoms with van der Waals surface area (Å²) in [5.41, 5.74) is 3.00. The Labute approximate surface area is 151 Å². The van der Waals surface area contributed by atoms with Crippen molar-refractivity contribution >= 4 is 15.9 Å². The van der Waals surface area contributed by atoms with Crippen molar-refractivity contribution in [2.45, 2.75) is 31.7 Å². The van der Waals surface area contributed by atoms with Gasteiger partial charge >= 0.3 is 0 Å². The molecule has 5 heteroatoms. The molecule has 1 aromatic carbocycles. The lowest BCUT2D eigenvalue weighted by Gasteiger charge is -2.38. The summed E-state index contributed by atoms with van der Waals surface area (Å²) in [4.78, 5) is 4.42. The third-order valence-electron chi connectivity index (χ3n) is 4.73. The van der Waals surface area contributed by atoms with Crippen molar-refractivity contribution in [2.24, 2.45) is 0 Å². The standard InChI is InChI=1S/C19H23BrN2O2/c1-14-5-6-18(23)17(22-14)12-21-13-19(7-9-24-10-8-19)15-3-2-4-16(20)11-15/h2-6,11,21,23H,7-10,12-13H2,1H3. The number of nitrogens with zero attached hydrogens (tertiary/aromatic N) is 1. The highest BCUT2D eigenvalue weighted by atomic mass is 79.9. The third-order valence-corrected chi connectivity index (χ3v) is 5.23. The van der Waals surface area contributed by atoms with Crippen molar-refractivity contribution in [3.63, 3.8) is 0 Å². The molecule has 0 unspecified atom stereocenters. The zero-order valence-electron chi connectivity index (χ0n) is 13.9. The van der Waals surface area contributed by atoms with Gasteiger partial charge in [0.1, 0.15) is 5.75 Å². The number of aromatic hydroxyl groups is 1. The topological polar surface area (TPSA) is 54.4 Å². The number of rotatable bonds is 5. The van der Waals surface area contributed by atoms with Gasteiger partial charge in [-0.25, -0.2) is 0 Å². The summed E-state index contributed by atoms with van der Waals surface area (Å²) in [6.45, 7) is 4.89. The lowest BCUT2D eigenvalue weighted by molar-refractivity contribution is 0.0497. The molecule has 1 aromatic heterocycles. The van der Waals surface area contributed by atoms with Crippen LogP contribution in [-0.2, 0) is 16.7 Å². The van der Waals surface area contributed by atoms with E-state index in [1.807, 2.05) is 13.0 Å². The largest absolute Gasteiger partial charge is 0.506 e. The van der Waals surface area contributed by atoms with Gasteiger partial charge in [0, 0.05) is 41.9 Å². The first-order valence-corrected chi connectivity index (χ1v) is 9.08. The number of hydrogen-bond acceptors (Lipinski definition) is 4. The van der Waals surface area contributed by atoms with Gasteiger partial charge in [-0.2, -0.15) is 0 Å². The second-order valence-corrected chi connectivity index (χ2v) is 7.34. The third kappa shape index (κ3) is 3.97. The SMILES string of the molecule is Cc1ccc(O)c(CNCC2(c3cccc(Br)c3)CCOCC2)n1. The molecule has 128 valence electrons. The molecule has 0 aliphatic carbocycles. The van der Waals surface area contributed by atoms with Crippen LogP contribution in [0.25, 0.3) is 0 Å². The molecule has 0 amide bonds. The van der Waals surface area contributed by atoms with Gasteiger partial charge in [-0.15, -0.1) is 0 Å². The monoisotopic (exact) mass is 390 g/mol. The summed E-state index contributed by atoms with van der Waals surface area (Å²) in [6.07, 6.45) is 1.98. The van der Waals surface area contributed by atoms with Crippen molar-refractivity contribution < 1.29 is 9.84 Å². The van der Waals surface area contributed by atoms with Crippen molar-refractivity contribution in [1.29, 1.82) is 0 Å². The van der Waals surface area contributed by atoms with Crippen LogP contribution in [0.1, 0.15) is 29.8 Å². The van der Waals surface area contributed by atoms with Crippen LogP contribution in [0, 0.1) is 6.92 Å². The predicted octanol–water partition coefficient (Wildman–Crippen LogP) is 3.70. The molecule has 4 nitrogen and oxygen atoms in total. The summed E-state index contributed by atoms with van der Waals surface area (Å²) >= 11 is 3.58. The van der Waals surface area contributed by atoms with Gasteiger partial charge in [0.25, 0.3) is 0 Å². The molecular weight excluding hydrogens is 368 g/mol. The molecule has 0 radical (unpaired) electrons. The minimum Gasteiger partial charge on any atom is -0.506 e. The molecule has 0 bridgehead atoms. The van der Waals surface area contributed by atoms with E-state index in [2.05, 4.69) is 50.5 Å². The summed E-state index contributed by atoms with van der Waals surface area (Å²) in [5, 5.41) is 13.5. The number of halogens is 1. The quantitative estimate of drug-likeness (QED) is 0.816. The zero-order valence-corrected chi connectivity index (χ0v) is 15.5. The van der Waals surface area contributed by atoms with Gasteiger partial charge in [-0.05, 0) is 49.6 Å². The average Bonchev–Trinajstić information content (AvgIpc) is 2.59. The van der Waals surface area contributed by atoms with Crippen LogP contribution in [-0.4, -0.2) is 29.8 Å². The number of hydrogen-bond donors (Lipinski definition) is 2. The summed E-state index contributed by atoms with van der Waals surface area (Å²) in [6, 6.07) is 12.1. The molecule has 0 saturated carbocycles. The molecule has 1 aliphatic heterocycles. The first-order valence-electron chi connectivity index (χ1n) is 8.29. The lowest BCUT2D eigenvalue weighted by atomic mass is 9.74. The Kier molecular flexibility index (Phi) is 5.54. The Morgan fingerprint density at radius 2 is 2.04 bits per heavy atom. The first-order chi connectivity index (χ1) is 11.6. The number of ether oxygens (including phenoxy) is 1. The highest BCUT2D eigenvalue weighted by Crippen LogP contribution is 2.35. The Balaban J connectivity index is 1.74. The second-order valence-electron chi connectivity index (χ2n) is 6.43. The van der Waals surface area contributed by atoms with Crippen LogP contribution in [0.4, 0.5) is 0 Å². The maximum Gasteiger partial charge on any atom is 0.138 e. The van der Waals surface area contributed by atoms with E-state index in [1.54, 1.807) is 6.07 Å². The number of aryl methyl sites for hydroxylation is 1. The summed E-state index contributed by atoms with van der Waals surface area (Å²) in [5.74, 6) is 0.247. The Morgan fingerprint density at radius 1 is 1.25 bits per heavy atom. The highest BCUT2D eigenvalue weighted by molar-refractivity contribution is 9.10. The maximum atomic E-state index is 9.96. The first kappa shape index (κ1) is 17.4. The van der Waals surface area contributed by atoms with Crippen molar-refractivity contribution in [1.82, 2.24) is 10.3 Å². The van der Waals surface area contributed by atoms with E-state index in [0.29, 0.717) is 12.2 Å². The van der Waals surface area contributed by atoms with Crippen molar-refractivity contribution in [3.8, 4) is 5.75 Å². The normalized spacial score (nSPS) is 16.9. The van der Waals surface area contributed by atoms with E-state index in [1.165, 1.54) is 5.56 Å². The fourth-order valence-corrected chi connectivity index (χ4v) is 3.70. The molecule has 1 aliphatic rings. The smallest absolute Gasteiger partial charge is 0.138 e. The molecule has 0 atom stereocenters.